The van der Waals surface area contributed by atoms with Gasteiger partial charge in [0, 0.05) is 12.1 Å². The average molecular weight is 285 g/mol. The van der Waals surface area contributed by atoms with Crippen LogP contribution < -0.4 is 0 Å². The van der Waals surface area contributed by atoms with Crippen LogP contribution in [0.3, 0.4) is 0 Å². The molecule has 0 aliphatic rings. The van der Waals surface area contributed by atoms with Crippen LogP contribution >= 0.6 is 0 Å². The fourth-order valence-corrected chi connectivity index (χ4v) is 1.60. The van der Waals surface area contributed by atoms with Crippen LogP contribution in [0.15, 0.2) is 58.8 Å². The molecule has 0 spiro atoms. The highest BCUT2D eigenvalue weighted by molar-refractivity contribution is 5.95. The number of carbonyl (C=O) groups excluding carboxylic acids is 1. The summed E-state index contributed by atoms with van der Waals surface area (Å²) >= 11 is 0. The van der Waals surface area contributed by atoms with E-state index in [0.717, 1.165) is 6.07 Å². The first-order valence-electron chi connectivity index (χ1n) is 5.95. The lowest BCUT2D eigenvalue weighted by atomic mass is 10.1. The lowest BCUT2D eigenvalue weighted by Gasteiger charge is -2.02. The summed E-state index contributed by atoms with van der Waals surface area (Å²) in [7, 11) is 1.19. The quantitative estimate of drug-likeness (QED) is 0.369. The molecule has 0 aliphatic carbocycles. The Morgan fingerprint density at radius 3 is 2.48 bits per heavy atom. The van der Waals surface area contributed by atoms with Gasteiger partial charge in [-0.1, -0.05) is 18.2 Å². The maximum Gasteiger partial charge on any atom is 0.340 e. The molecule has 0 aliphatic heterocycles. The first-order chi connectivity index (χ1) is 10.1. The number of ether oxygens (including phenoxy) is 1. The Balaban J connectivity index is 2.41. The summed E-state index contributed by atoms with van der Waals surface area (Å²) in [5.74, 6) is -0.708. The standard InChI is InChI=1S/C14H11N3O4/c1-21-14(18)12-9-11(17(19)20)7-8-13(12)16-15-10-5-3-2-4-6-10/h2-9H,1H3. The Morgan fingerprint density at radius 2 is 1.86 bits per heavy atom. The van der Waals surface area contributed by atoms with Crippen molar-refractivity contribution in [2.45, 2.75) is 0 Å². The van der Waals surface area contributed by atoms with Gasteiger partial charge in [-0.15, -0.1) is 5.11 Å². The third kappa shape index (κ3) is 3.47. The predicted octanol–water partition coefficient (Wildman–Crippen LogP) is 3.80. The van der Waals surface area contributed by atoms with Gasteiger partial charge in [0.05, 0.1) is 23.3 Å². The topological polar surface area (TPSA) is 94.2 Å². The van der Waals surface area contributed by atoms with Crippen molar-refractivity contribution < 1.29 is 14.5 Å². The van der Waals surface area contributed by atoms with Gasteiger partial charge in [0.2, 0.25) is 0 Å². The number of hydrogen-bond donors (Lipinski definition) is 0. The number of azo groups is 1. The smallest absolute Gasteiger partial charge is 0.340 e. The molecule has 0 radical (unpaired) electrons. The molecule has 0 aromatic heterocycles. The second-order valence-corrected chi connectivity index (χ2v) is 3.99. The van der Waals surface area contributed by atoms with Crippen molar-refractivity contribution >= 4 is 23.0 Å². The molecule has 106 valence electrons. The maximum absolute atomic E-state index is 11.7. The van der Waals surface area contributed by atoms with Gasteiger partial charge < -0.3 is 4.74 Å². The maximum atomic E-state index is 11.7. The van der Waals surface area contributed by atoms with Crippen molar-refractivity contribution in [2.24, 2.45) is 10.2 Å². The Bertz CT molecular complexity index is 699. The Kier molecular flexibility index (Phi) is 4.35. The molecule has 0 bridgehead atoms. The van der Waals surface area contributed by atoms with Crippen LogP contribution in [0.4, 0.5) is 17.1 Å². The van der Waals surface area contributed by atoms with Crippen LogP contribution in [0, 0.1) is 10.1 Å². The van der Waals surface area contributed by atoms with Crippen LogP contribution in [-0.2, 0) is 4.74 Å². The van der Waals surface area contributed by atoms with Crippen LogP contribution in [0.1, 0.15) is 10.4 Å². The molecule has 2 aromatic rings. The van der Waals surface area contributed by atoms with E-state index in [1.165, 1.54) is 19.2 Å². The number of hydrogen-bond acceptors (Lipinski definition) is 6. The summed E-state index contributed by atoms with van der Waals surface area (Å²) in [5, 5.41) is 18.7. The molecule has 2 rings (SSSR count). The number of nitro groups is 1. The molecule has 21 heavy (non-hydrogen) atoms. The number of non-ortho nitro benzene ring substituents is 1. The third-order valence-corrected chi connectivity index (χ3v) is 2.63. The number of benzene rings is 2. The molecule has 2 aromatic carbocycles. The fraction of sp³-hybridized carbons (Fsp3) is 0.0714. The van der Waals surface area contributed by atoms with Crippen molar-refractivity contribution in [3.05, 3.63) is 64.2 Å². The molecule has 7 heteroatoms. The van der Waals surface area contributed by atoms with E-state index in [9.17, 15) is 14.9 Å². The Hall–Kier alpha value is -3.09. The molecule has 0 saturated carbocycles. The predicted molar refractivity (Wildman–Crippen MR) is 75.1 cm³/mol. The van der Waals surface area contributed by atoms with E-state index in [1.807, 2.05) is 6.07 Å². The largest absolute Gasteiger partial charge is 0.465 e. The SMILES string of the molecule is COC(=O)c1cc([N+](=O)[O-])ccc1N=Nc1ccccc1. The highest BCUT2D eigenvalue weighted by Crippen LogP contribution is 2.27. The summed E-state index contributed by atoms with van der Waals surface area (Å²) in [6.07, 6.45) is 0. The first-order valence-corrected chi connectivity index (χ1v) is 5.95. The number of carbonyl (C=O) groups is 1. The Labute approximate surface area is 120 Å². The fourth-order valence-electron chi connectivity index (χ4n) is 1.60. The molecule has 0 saturated heterocycles. The molecular weight excluding hydrogens is 274 g/mol. The number of nitrogens with zero attached hydrogens (tertiary/aromatic N) is 3. The minimum Gasteiger partial charge on any atom is -0.465 e. The minimum atomic E-state index is -0.708. The van der Waals surface area contributed by atoms with Crippen LogP contribution in [-0.4, -0.2) is 18.0 Å². The van der Waals surface area contributed by atoms with E-state index in [4.69, 9.17) is 0 Å². The van der Waals surface area contributed by atoms with E-state index in [1.54, 1.807) is 24.3 Å². The van der Waals surface area contributed by atoms with E-state index < -0.39 is 10.9 Å². The zero-order chi connectivity index (χ0) is 15.2. The second-order valence-electron chi connectivity index (χ2n) is 3.99. The van der Waals surface area contributed by atoms with Crippen molar-refractivity contribution in [3.8, 4) is 0 Å². The van der Waals surface area contributed by atoms with Gasteiger partial charge in [0.1, 0.15) is 5.69 Å². The first kappa shape index (κ1) is 14.3. The monoisotopic (exact) mass is 285 g/mol. The van der Waals surface area contributed by atoms with Gasteiger partial charge in [0.25, 0.3) is 5.69 Å². The number of methoxy groups -OCH3 is 1. The van der Waals surface area contributed by atoms with Crippen LogP contribution in [0.25, 0.3) is 0 Å². The van der Waals surface area contributed by atoms with Gasteiger partial charge in [-0.3, -0.25) is 10.1 Å². The van der Waals surface area contributed by atoms with E-state index in [2.05, 4.69) is 15.0 Å². The molecular formula is C14H11N3O4. The molecule has 0 fully saturated rings. The molecule has 0 N–H and O–H groups in total. The summed E-state index contributed by atoms with van der Waals surface area (Å²) in [6.45, 7) is 0. The minimum absolute atomic E-state index is 0.00798. The number of esters is 1. The zero-order valence-electron chi connectivity index (χ0n) is 11.1. The van der Waals surface area contributed by atoms with Gasteiger partial charge in [-0.25, -0.2) is 4.79 Å². The number of nitro benzene ring substituents is 1. The summed E-state index contributed by atoms with van der Waals surface area (Å²) in [5.41, 5.74) is 0.586. The van der Waals surface area contributed by atoms with Gasteiger partial charge in [-0.05, 0) is 18.2 Å². The van der Waals surface area contributed by atoms with Crippen molar-refractivity contribution in [2.75, 3.05) is 7.11 Å². The Morgan fingerprint density at radius 1 is 1.14 bits per heavy atom. The van der Waals surface area contributed by atoms with Gasteiger partial charge in [0.15, 0.2) is 0 Å². The molecule has 7 nitrogen and oxygen atoms in total. The van der Waals surface area contributed by atoms with Crippen molar-refractivity contribution in [1.82, 2.24) is 0 Å². The lowest BCUT2D eigenvalue weighted by Crippen LogP contribution is -2.02. The summed E-state index contributed by atoms with van der Waals surface area (Å²) < 4.78 is 4.60. The zero-order valence-corrected chi connectivity index (χ0v) is 11.1. The average Bonchev–Trinajstić information content (AvgIpc) is 2.52. The van der Waals surface area contributed by atoms with Crippen LogP contribution in [0.5, 0.6) is 0 Å². The molecule has 0 heterocycles. The van der Waals surface area contributed by atoms with Crippen LogP contribution in [0.2, 0.25) is 0 Å². The summed E-state index contributed by atoms with van der Waals surface area (Å²) in [4.78, 5) is 21.8. The normalized spacial score (nSPS) is 10.5. The van der Waals surface area contributed by atoms with Gasteiger partial charge >= 0.3 is 5.97 Å². The molecule has 0 atom stereocenters. The second kappa shape index (κ2) is 6.38. The van der Waals surface area contributed by atoms with E-state index in [0.29, 0.717) is 5.69 Å². The highest BCUT2D eigenvalue weighted by atomic mass is 16.6. The van der Waals surface area contributed by atoms with E-state index >= 15 is 0 Å². The number of rotatable bonds is 4. The van der Waals surface area contributed by atoms with Crippen molar-refractivity contribution in [3.63, 3.8) is 0 Å². The van der Waals surface area contributed by atoms with Crippen molar-refractivity contribution in [1.29, 1.82) is 0 Å². The van der Waals surface area contributed by atoms with Gasteiger partial charge in [-0.2, -0.15) is 5.11 Å². The van der Waals surface area contributed by atoms with E-state index in [-0.39, 0.29) is 16.9 Å². The molecule has 0 unspecified atom stereocenters. The third-order valence-electron chi connectivity index (χ3n) is 2.63. The molecule has 0 amide bonds. The lowest BCUT2D eigenvalue weighted by molar-refractivity contribution is -0.384. The highest BCUT2D eigenvalue weighted by Gasteiger charge is 2.17. The summed E-state index contributed by atoms with van der Waals surface area (Å²) in [6, 6.07) is 12.6.